The number of hydrogen-bond donors (Lipinski definition) is 0. The second-order valence-electron chi connectivity index (χ2n) is 7.41. The summed E-state index contributed by atoms with van der Waals surface area (Å²) in [5.74, 6) is 2.35. The molecule has 0 spiro atoms. The van der Waals surface area contributed by atoms with Gasteiger partial charge in [-0.3, -0.25) is 9.69 Å². The Kier molecular flexibility index (Phi) is 6.50. The number of benzene rings is 1. The van der Waals surface area contributed by atoms with Crippen LogP contribution in [0, 0.1) is 6.92 Å². The first-order valence-electron chi connectivity index (χ1n) is 10.3. The number of carbonyl (C=O) groups excluding carboxylic acids is 1. The Morgan fingerprint density at radius 3 is 2.60 bits per heavy atom. The first-order chi connectivity index (χ1) is 14.6. The highest BCUT2D eigenvalue weighted by Gasteiger charge is 2.23. The molecule has 1 aromatic carbocycles. The van der Waals surface area contributed by atoms with E-state index in [1.807, 2.05) is 48.4 Å². The summed E-state index contributed by atoms with van der Waals surface area (Å²) in [4.78, 5) is 22.7. The number of oxazole rings is 1. The fourth-order valence-electron chi connectivity index (χ4n) is 3.62. The Balaban J connectivity index is 1.28. The highest BCUT2D eigenvalue weighted by Crippen LogP contribution is 2.26. The number of piperazine rings is 1. The Bertz CT molecular complexity index is 958. The van der Waals surface area contributed by atoms with Crippen molar-refractivity contribution in [2.45, 2.75) is 26.8 Å². The van der Waals surface area contributed by atoms with Crippen LogP contribution in [0.4, 0.5) is 0 Å². The van der Waals surface area contributed by atoms with Gasteiger partial charge in [0.1, 0.15) is 11.5 Å². The molecule has 0 N–H and O–H groups in total. The molecule has 0 atom stereocenters. The molecule has 158 valence electrons. The highest BCUT2D eigenvalue weighted by molar-refractivity contribution is 7.13. The standard InChI is InChI=1S/C23H27N3O3S/c1-3-28-19-8-6-18(7-9-19)16-25-10-12-26(13-11-25)22(27)15-20-17(2)29-23(24-20)21-5-4-14-30-21/h4-9,14H,3,10-13,15-16H2,1-2H3. The van der Waals surface area contributed by atoms with Gasteiger partial charge < -0.3 is 14.1 Å². The molecule has 3 aromatic rings. The molecular formula is C23H27N3O3S. The Morgan fingerprint density at radius 2 is 1.93 bits per heavy atom. The number of aryl methyl sites for hydroxylation is 1. The molecule has 1 aliphatic heterocycles. The minimum Gasteiger partial charge on any atom is -0.494 e. The Hall–Kier alpha value is -2.64. The van der Waals surface area contributed by atoms with E-state index < -0.39 is 0 Å². The van der Waals surface area contributed by atoms with Crippen molar-refractivity contribution >= 4 is 17.2 Å². The van der Waals surface area contributed by atoms with Crippen molar-refractivity contribution in [2.75, 3.05) is 32.8 Å². The van der Waals surface area contributed by atoms with Crippen LogP contribution in [0.5, 0.6) is 5.75 Å². The molecular weight excluding hydrogens is 398 g/mol. The number of hydrogen-bond acceptors (Lipinski definition) is 6. The van der Waals surface area contributed by atoms with Gasteiger partial charge in [0.25, 0.3) is 0 Å². The summed E-state index contributed by atoms with van der Waals surface area (Å²) in [6, 6.07) is 12.2. The first-order valence-corrected chi connectivity index (χ1v) is 11.2. The lowest BCUT2D eigenvalue weighted by Crippen LogP contribution is -2.48. The van der Waals surface area contributed by atoms with Crippen LogP contribution in [-0.4, -0.2) is 53.5 Å². The molecule has 1 amide bonds. The van der Waals surface area contributed by atoms with E-state index in [-0.39, 0.29) is 5.91 Å². The number of thiophene rings is 1. The van der Waals surface area contributed by atoms with Crippen molar-refractivity contribution in [1.82, 2.24) is 14.8 Å². The maximum absolute atomic E-state index is 12.8. The fraction of sp³-hybridized carbons (Fsp3) is 0.391. The van der Waals surface area contributed by atoms with Crippen LogP contribution in [-0.2, 0) is 17.8 Å². The summed E-state index contributed by atoms with van der Waals surface area (Å²) in [6.07, 6.45) is 0.291. The second-order valence-corrected chi connectivity index (χ2v) is 8.36. The van der Waals surface area contributed by atoms with E-state index >= 15 is 0 Å². The lowest BCUT2D eigenvalue weighted by Gasteiger charge is -2.34. The molecule has 0 bridgehead atoms. The molecule has 0 radical (unpaired) electrons. The molecule has 6 nitrogen and oxygen atoms in total. The lowest BCUT2D eigenvalue weighted by atomic mass is 10.1. The van der Waals surface area contributed by atoms with Crippen molar-refractivity contribution in [2.24, 2.45) is 0 Å². The van der Waals surface area contributed by atoms with E-state index in [1.165, 1.54) is 5.56 Å². The zero-order valence-electron chi connectivity index (χ0n) is 17.5. The zero-order chi connectivity index (χ0) is 20.9. The molecule has 2 aromatic heterocycles. The SMILES string of the molecule is CCOc1ccc(CN2CCN(C(=O)Cc3nc(-c4cccs4)oc3C)CC2)cc1. The summed E-state index contributed by atoms with van der Waals surface area (Å²) in [6.45, 7) is 8.66. The summed E-state index contributed by atoms with van der Waals surface area (Å²) < 4.78 is 11.3. The van der Waals surface area contributed by atoms with Gasteiger partial charge in [-0.15, -0.1) is 11.3 Å². The predicted octanol–water partition coefficient (Wildman–Crippen LogP) is 4.00. The molecule has 30 heavy (non-hydrogen) atoms. The average Bonchev–Trinajstić information content (AvgIpc) is 3.41. The number of ether oxygens (including phenoxy) is 1. The number of aromatic nitrogens is 1. The van der Waals surface area contributed by atoms with Crippen LogP contribution >= 0.6 is 11.3 Å². The van der Waals surface area contributed by atoms with E-state index in [0.717, 1.165) is 54.8 Å². The van der Waals surface area contributed by atoms with Gasteiger partial charge in [-0.25, -0.2) is 4.98 Å². The third kappa shape index (κ3) is 4.91. The largest absolute Gasteiger partial charge is 0.494 e. The predicted molar refractivity (Wildman–Crippen MR) is 118 cm³/mol. The molecule has 0 saturated carbocycles. The normalized spacial score (nSPS) is 14.8. The van der Waals surface area contributed by atoms with Gasteiger partial charge in [0.05, 0.1) is 23.6 Å². The van der Waals surface area contributed by atoms with Crippen molar-refractivity contribution in [1.29, 1.82) is 0 Å². The van der Waals surface area contributed by atoms with E-state index in [1.54, 1.807) is 11.3 Å². The van der Waals surface area contributed by atoms with Gasteiger partial charge in [-0.1, -0.05) is 18.2 Å². The quantitative estimate of drug-likeness (QED) is 0.573. The average molecular weight is 426 g/mol. The van der Waals surface area contributed by atoms with Gasteiger partial charge >= 0.3 is 0 Å². The van der Waals surface area contributed by atoms with Crippen molar-refractivity contribution < 1.29 is 13.9 Å². The number of nitrogens with zero attached hydrogens (tertiary/aromatic N) is 3. The van der Waals surface area contributed by atoms with Gasteiger partial charge in [-0.05, 0) is 43.0 Å². The molecule has 1 fully saturated rings. The highest BCUT2D eigenvalue weighted by atomic mass is 32.1. The Morgan fingerprint density at radius 1 is 1.17 bits per heavy atom. The molecule has 0 unspecified atom stereocenters. The molecule has 0 aliphatic carbocycles. The summed E-state index contributed by atoms with van der Waals surface area (Å²) in [7, 11) is 0. The van der Waals surface area contributed by atoms with Crippen LogP contribution in [0.1, 0.15) is 23.9 Å². The maximum atomic E-state index is 12.8. The van der Waals surface area contributed by atoms with Crippen molar-refractivity contribution in [3.8, 4) is 16.5 Å². The van der Waals surface area contributed by atoms with Crippen LogP contribution in [0.2, 0.25) is 0 Å². The second kappa shape index (κ2) is 9.45. The molecule has 3 heterocycles. The van der Waals surface area contributed by atoms with Crippen LogP contribution in [0.15, 0.2) is 46.2 Å². The minimum atomic E-state index is 0.116. The molecule has 1 aliphatic rings. The van der Waals surface area contributed by atoms with Crippen LogP contribution < -0.4 is 4.74 Å². The lowest BCUT2D eigenvalue weighted by molar-refractivity contribution is -0.132. The number of carbonyl (C=O) groups is 1. The van der Waals surface area contributed by atoms with Gasteiger partial charge in [0.2, 0.25) is 11.8 Å². The van der Waals surface area contributed by atoms with Gasteiger partial charge in [0, 0.05) is 32.7 Å². The zero-order valence-corrected chi connectivity index (χ0v) is 18.3. The fourth-order valence-corrected chi connectivity index (χ4v) is 4.27. The van der Waals surface area contributed by atoms with E-state index in [0.29, 0.717) is 18.9 Å². The topological polar surface area (TPSA) is 58.8 Å². The molecule has 4 rings (SSSR count). The Labute approximate surface area is 181 Å². The third-order valence-corrected chi connectivity index (χ3v) is 6.17. The summed E-state index contributed by atoms with van der Waals surface area (Å²) in [5.41, 5.74) is 2.00. The monoisotopic (exact) mass is 425 g/mol. The summed E-state index contributed by atoms with van der Waals surface area (Å²) in [5, 5.41) is 1.99. The maximum Gasteiger partial charge on any atom is 0.236 e. The van der Waals surface area contributed by atoms with Crippen molar-refractivity contribution in [3.05, 3.63) is 58.8 Å². The number of amides is 1. The number of rotatable bonds is 7. The van der Waals surface area contributed by atoms with E-state index in [9.17, 15) is 4.79 Å². The van der Waals surface area contributed by atoms with Gasteiger partial charge in [0.15, 0.2) is 0 Å². The smallest absolute Gasteiger partial charge is 0.236 e. The van der Waals surface area contributed by atoms with Crippen LogP contribution in [0.25, 0.3) is 10.8 Å². The van der Waals surface area contributed by atoms with Crippen molar-refractivity contribution in [3.63, 3.8) is 0 Å². The minimum absolute atomic E-state index is 0.116. The molecule has 7 heteroatoms. The van der Waals surface area contributed by atoms with E-state index in [4.69, 9.17) is 9.15 Å². The van der Waals surface area contributed by atoms with Crippen LogP contribution in [0.3, 0.4) is 0 Å². The van der Waals surface area contributed by atoms with Gasteiger partial charge in [-0.2, -0.15) is 0 Å². The van der Waals surface area contributed by atoms with E-state index in [2.05, 4.69) is 22.0 Å². The first kappa shape index (κ1) is 20.6. The molecule has 1 saturated heterocycles. The summed E-state index contributed by atoms with van der Waals surface area (Å²) >= 11 is 1.58. The third-order valence-electron chi connectivity index (χ3n) is 5.31.